The van der Waals surface area contributed by atoms with Crippen molar-refractivity contribution in [2.45, 2.75) is 25.9 Å². The molecule has 1 heterocycles. The van der Waals surface area contributed by atoms with Crippen molar-refractivity contribution in [1.29, 1.82) is 0 Å². The van der Waals surface area contributed by atoms with Gasteiger partial charge in [0.25, 0.3) is 5.91 Å². The fourth-order valence-corrected chi connectivity index (χ4v) is 4.32. The fourth-order valence-electron chi connectivity index (χ4n) is 3.81. The van der Waals surface area contributed by atoms with Crippen molar-refractivity contribution in [3.05, 3.63) is 89.4 Å². The summed E-state index contributed by atoms with van der Waals surface area (Å²) < 4.78 is 5.44. The monoisotopic (exact) mass is 493 g/mol. The van der Waals surface area contributed by atoms with Gasteiger partial charge in [0.15, 0.2) is 5.11 Å². The van der Waals surface area contributed by atoms with Gasteiger partial charge in [-0.15, -0.1) is 0 Å². The molecule has 4 rings (SSSR count). The molecule has 0 bridgehead atoms. The Hall–Kier alpha value is -3.42. The number of halogens is 1. The Bertz CT molecular complexity index is 1170. The highest BCUT2D eigenvalue weighted by Gasteiger charge is 2.44. The van der Waals surface area contributed by atoms with Gasteiger partial charge in [-0.3, -0.25) is 14.5 Å². The van der Waals surface area contributed by atoms with Gasteiger partial charge >= 0.3 is 0 Å². The standard InChI is InChI=1S/C26H24ClN3O3S/c1-2-33-22-14-10-20(11-15-22)28-24(31)16-23-25(32)30(21-12-8-19(27)9-13-21)26(34)29(23)17-18-6-4-3-5-7-18/h3-15,23H,2,16-17H2,1H3,(H,28,31). The smallest absolute Gasteiger partial charge is 0.256 e. The van der Waals surface area contributed by atoms with E-state index >= 15 is 0 Å². The van der Waals surface area contributed by atoms with Crippen molar-refractivity contribution in [2.75, 3.05) is 16.8 Å². The molecule has 3 aromatic carbocycles. The molecule has 0 spiro atoms. The molecule has 1 atom stereocenters. The van der Waals surface area contributed by atoms with E-state index in [1.165, 1.54) is 4.90 Å². The number of thiocarbonyl (C=S) groups is 1. The number of hydrogen-bond donors (Lipinski definition) is 1. The first kappa shape index (κ1) is 23.7. The highest BCUT2D eigenvalue weighted by Crippen LogP contribution is 2.30. The number of carbonyl (C=O) groups excluding carboxylic acids is 2. The molecular formula is C26H24ClN3O3S. The van der Waals surface area contributed by atoms with E-state index < -0.39 is 6.04 Å². The molecule has 3 aromatic rings. The van der Waals surface area contributed by atoms with E-state index in [-0.39, 0.29) is 18.2 Å². The molecule has 0 saturated carbocycles. The second-order valence-corrected chi connectivity index (χ2v) is 8.57. The predicted octanol–water partition coefficient (Wildman–Crippen LogP) is 5.27. The van der Waals surface area contributed by atoms with E-state index in [4.69, 9.17) is 28.6 Å². The van der Waals surface area contributed by atoms with Crippen LogP contribution < -0.4 is 15.0 Å². The second-order valence-electron chi connectivity index (χ2n) is 7.77. The third kappa shape index (κ3) is 5.38. The van der Waals surface area contributed by atoms with Gasteiger partial charge < -0.3 is 15.0 Å². The van der Waals surface area contributed by atoms with Crippen LogP contribution in [0, 0.1) is 0 Å². The number of amides is 2. The number of nitrogens with one attached hydrogen (secondary N) is 1. The van der Waals surface area contributed by atoms with Gasteiger partial charge in [-0.1, -0.05) is 41.9 Å². The van der Waals surface area contributed by atoms with E-state index in [1.54, 1.807) is 53.4 Å². The quantitative estimate of drug-likeness (QED) is 0.433. The topological polar surface area (TPSA) is 61.9 Å². The number of ether oxygens (including phenoxy) is 1. The van der Waals surface area contributed by atoms with E-state index in [9.17, 15) is 9.59 Å². The van der Waals surface area contributed by atoms with Crippen LogP contribution in [0.2, 0.25) is 5.02 Å². The lowest BCUT2D eigenvalue weighted by molar-refractivity contribution is -0.124. The maximum Gasteiger partial charge on any atom is 0.256 e. The van der Waals surface area contributed by atoms with Crippen LogP contribution in [0.15, 0.2) is 78.9 Å². The first-order valence-electron chi connectivity index (χ1n) is 10.9. The van der Waals surface area contributed by atoms with Gasteiger partial charge in [0, 0.05) is 17.3 Å². The molecule has 2 amide bonds. The molecule has 1 unspecified atom stereocenters. The van der Waals surface area contributed by atoms with Crippen LogP contribution in [0.1, 0.15) is 18.9 Å². The number of carbonyl (C=O) groups is 2. The average Bonchev–Trinajstić information content (AvgIpc) is 3.06. The van der Waals surface area contributed by atoms with Gasteiger partial charge in [0.1, 0.15) is 11.8 Å². The van der Waals surface area contributed by atoms with Crippen LogP contribution >= 0.6 is 23.8 Å². The van der Waals surface area contributed by atoms with Crippen molar-refractivity contribution < 1.29 is 14.3 Å². The van der Waals surface area contributed by atoms with Crippen LogP contribution in [0.25, 0.3) is 0 Å². The molecule has 0 aromatic heterocycles. The Morgan fingerprint density at radius 2 is 1.71 bits per heavy atom. The van der Waals surface area contributed by atoms with Gasteiger partial charge in [-0.2, -0.15) is 0 Å². The molecular weight excluding hydrogens is 470 g/mol. The van der Waals surface area contributed by atoms with Crippen LogP contribution in [-0.4, -0.2) is 34.5 Å². The lowest BCUT2D eigenvalue weighted by atomic mass is 10.1. The van der Waals surface area contributed by atoms with Crippen LogP contribution in [0.3, 0.4) is 0 Å². The molecule has 34 heavy (non-hydrogen) atoms. The van der Waals surface area contributed by atoms with Gasteiger partial charge in [0.05, 0.1) is 18.7 Å². The highest BCUT2D eigenvalue weighted by molar-refractivity contribution is 7.80. The number of nitrogens with zero attached hydrogens (tertiary/aromatic N) is 2. The maximum absolute atomic E-state index is 13.5. The van der Waals surface area contributed by atoms with Crippen molar-refractivity contribution in [1.82, 2.24) is 4.90 Å². The SMILES string of the molecule is CCOc1ccc(NC(=O)CC2C(=O)N(c3ccc(Cl)cc3)C(=S)N2Cc2ccccc2)cc1. The first-order chi connectivity index (χ1) is 16.5. The van der Waals surface area contributed by atoms with Gasteiger partial charge in [0.2, 0.25) is 5.91 Å². The number of hydrogen-bond acceptors (Lipinski definition) is 4. The molecule has 0 aliphatic carbocycles. The Morgan fingerprint density at radius 1 is 1.03 bits per heavy atom. The summed E-state index contributed by atoms with van der Waals surface area (Å²) in [5.74, 6) is 0.205. The summed E-state index contributed by atoms with van der Waals surface area (Å²) in [6.07, 6.45) is -0.0386. The van der Waals surface area contributed by atoms with E-state index in [0.717, 1.165) is 11.3 Å². The first-order valence-corrected chi connectivity index (χ1v) is 11.7. The molecule has 1 saturated heterocycles. The third-order valence-electron chi connectivity index (χ3n) is 5.43. The molecule has 6 nitrogen and oxygen atoms in total. The minimum absolute atomic E-state index is 0.0386. The summed E-state index contributed by atoms with van der Waals surface area (Å²) in [7, 11) is 0. The van der Waals surface area contributed by atoms with E-state index in [1.807, 2.05) is 37.3 Å². The van der Waals surface area contributed by atoms with E-state index in [0.29, 0.717) is 34.7 Å². The zero-order valence-electron chi connectivity index (χ0n) is 18.6. The Labute approximate surface area is 209 Å². The lowest BCUT2D eigenvalue weighted by Gasteiger charge is -2.24. The van der Waals surface area contributed by atoms with Crippen molar-refractivity contribution in [2.24, 2.45) is 0 Å². The third-order valence-corrected chi connectivity index (χ3v) is 6.10. The second kappa shape index (κ2) is 10.7. The molecule has 0 radical (unpaired) electrons. The van der Waals surface area contributed by atoms with Crippen LogP contribution in [0.5, 0.6) is 5.75 Å². The number of anilines is 2. The molecule has 1 N–H and O–H groups in total. The Balaban J connectivity index is 1.55. The zero-order chi connectivity index (χ0) is 24.1. The van der Waals surface area contributed by atoms with Gasteiger partial charge in [-0.05, 0) is 73.2 Å². The summed E-state index contributed by atoms with van der Waals surface area (Å²) in [6.45, 7) is 2.89. The molecule has 8 heteroatoms. The van der Waals surface area contributed by atoms with Crippen molar-refractivity contribution >= 4 is 52.1 Å². The normalized spacial score (nSPS) is 15.5. The Kier molecular flexibility index (Phi) is 7.45. The predicted molar refractivity (Wildman–Crippen MR) is 138 cm³/mol. The summed E-state index contributed by atoms with van der Waals surface area (Å²) in [5, 5.41) is 3.79. The lowest BCUT2D eigenvalue weighted by Crippen LogP contribution is -2.37. The molecule has 1 aliphatic heterocycles. The summed E-state index contributed by atoms with van der Waals surface area (Å²) >= 11 is 11.7. The van der Waals surface area contributed by atoms with Crippen molar-refractivity contribution in [3.8, 4) is 5.75 Å². The molecule has 1 fully saturated rings. The number of rotatable bonds is 8. The highest BCUT2D eigenvalue weighted by atomic mass is 35.5. The average molecular weight is 494 g/mol. The summed E-state index contributed by atoms with van der Waals surface area (Å²) in [4.78, 5) is 29.7. The fraction of sp³-hybridized carbons (Fsp3) is 0.192. The minimum Gasteiger partial charge on any atom is -0.494 e. The van der Waals surface area contributed by atoms with Crippen LogP contribution in [0.4, 0.5) is 11.4 Å². The van der Waals surface area contributed by atoms with Gasteiger partial charge in [-0.25, -0.2) is 0 Å². The van der Waals surface area contributed by atoms with Crippen LogP contribution in [-0.2, 0) is 16.1 Å². The van der Waals surface area contributed by atoms with Crippen molar-refractivity contribution in [3.63, 3.8) is 0 Å². The maximum atomic E-state index is 13.5. The molecule has 174 valence electrons. The van der Waals surface area contributed by atoms with E-state index in [2.05, 4.69) is 5.32 Å². The Morgan fingerprint density at radius 3 is 2.35 bits per heavy atom. The summed E-state index contributed by atoms with van der Waals surface area (Å²) in [6, 6.07) is 23.0. The summed E-state index contributed by atoms with van der Waals surface area (Å²) in [5.41, 5.74) is 2.24. The minimum atomic E-state index is -0.730. The number of benzene rings is 3. The zero-order valence-corrected chi connectivity index (χ0v) is 20.2. The largest absolute Gasteiger partial charge is 0.494 e. The molecule has 1 aliphatic rings.